The van der Waals surface area contributed by atoms with Crippen molar-refractivity contribution in [2.45, 2.75) is 25.1 Å². The molecule has 1 aliphatic carbocycles. The lowest BCUT2D eigenvalue weighted by molar-refractivity contribution is 0.121. The van der Waals surface area contributed by atoms with Gasteiger partial charge in [-0.05, 0) is 71.1 Å². The molecule has 1 N–H and O–H groups in total. The van der Waals surface area contributed by atoms with E-state index in [9.17, 15) is 4.57 Å². The first-order valence-corrected chi connectivity index (χ1v) is 19.0. The summed E-state index contributed by atoms with van der Waals surface area (Å²) in [4.78, 5) is 0. The highest BCUT2D eigenvalue weighted by Gasteiger charge is 2.25. The minimum atomic E-state index is -3.13. The summed E-state index contributed by atoms with van der Waals surface area (Å²) in [6, 6.07) is 14.7. The summed E-state index contributed by atoms with van der Waals surface area (Å²) in [6.07, 6.45) is 8.54. The number of ether oxygens (including phenoxy) is 1. The number of hydrogen-bond donors (Lipinski definition) is 1. The number of hydrazone groups is 1. The molecule has 3 rings (SSSR count). The zero-order chi connectivity index (χ0) is 29.8. The van der Waals surface area contributed by atoms with E-state index in [1.165, 1.54) is 14.2 Å². The van der Waals surface area contributed by atoms with Gasteiger partial charge in [0.2, 0.25) is 23.6 Å². The lowest BCUT2D eigenvalue weighted by Gasteiger charge is -2.22. The van der Waals surface area contributed by atoms with Crippen LogP contribution in [-0.4, -0.2) is 63.8 Å². The zero-order valence-corrected chi connectivity index (χ0v) is 28.1. The molecule has 0 saturated heterocycles. The molecule has 1 aliphatic rings. The summed E-state index contributed by atoms with van der Waals surface area (Å²) in [5.41, 5.74) is 5.05. The quantitative estimate of drug-likeness (QED) is 0.0945. The van der Waals surface area contributed by atoms with Crippen molar-refractivity contribution in [3.63, 3.8) is 0 Å². The second-order valence-electron chi connectivity index (χ2n) is 9.12. The first-order valence-electron chi connectivity index (χ1n) is 12.8. The molecule has 0 radical (unpaired) electrons. The maximum atomic E-state index is 12.3. The Hall–Kier alpha value is -1.68. The van der Waals surface area contributed by atoms with E-state index in [0.29, 0.717) is 17.4 Å². The Kier molecular flexibility index (Phi) is 13.9. The van der Waals surface area contributed by atoms with Gasteiger partial charge in [0, 0.05) is 27.9 Å². The number of hydrazine groups is 1. The van der Waals surface area contributed by atoms with Crippen molar-refractivity contribution in [2.75, 3.05) is 42.0 Å². The van der Waals surface area contributed by atoms with E-state index >= 15 is 0 Å². The average molecular weight is 659 g/mol. The Balaban J connectivity index is 1.44. The highest BCUT2D eigenvalue weighted by atomic mass is 32.4. The van der Waals surface area contributed by atoms with Gasteiger partial charge in [0.25, 0.3) is 0 Å². The molecule has 0 aromatic heterocycles. The minimum Gasteiger partial charge on any atom is -0.377 e. The minimum absolute atomic E-state index is 0.174. The molecule has 2 aromatic rings. The molecule has 0 saturated carbocycles. The smallest absolute Gasteiger partial charge is 0.377 e. The number of nitrogens with zero attached hydrogens (tertiary/aromatic N) is 3. The molecule has 41 heavy (non-hydrogen) atoms. The predicted molar refractivity (Wildman–Crippen MR) is 172 cm³/mol. The van der Waals surface area contributed by atoms with E-state index in [-0.39, 0.29) is 12.3 Å². The van der Waals surface area contributed by atoms with Crippen LogP contribution in [0.4, 0.5) is 0 Å². The first kappa shape index (κ1) is 33.8. The van der Waals surface area contributed by atoms with Crippen LogP contribution in [0.3, 0.4) is 0 Å². The van der Waals surface area contributed by atoms with Gasteiger partial charge < -0.3 is 13.8 Å². The van der Waals surface area contributed by atoms with Crippen molar-refractivity contribution in [1.82, 2.24) is 15.0 Å². The fourth-order valence-corrected chi connectivity index (χ4v) is 6.78. The number of nitrogens with one attached hydrogen (secondary N) is 1. The van der Waals surface area contributed by atoms with E-state index in [1.807, 2.05) is 36.1 Å². The first-order chi connectivity index (χ1) is 19.6. The van der Waals surface area contributed by atoms with Gasteiger partial charge in [-0.2, -0.15) is 0 Å². The Bertz CT molecular complexity index is 1260. The number of methoxy groups -OCH3 is 1. The highest BCUT2D eigenvalue weighted by Crippen LogP contribution is 2.49. The molecule has 10 nitrogen and oxygen atoms in total. The average Bonchev–Trinajstić information content (AvgIpc) is 3.00. The van der Waals surface area contributed by atoms with Gasteiger partial charge in [-0.15, -0.1) is 5.10 Å². The third-order valence-corrected chi connectivity index (χ3v) is 12.0. The molecule has 4 unspecified atom stereocenters. The lowest BCUT2D eigenvalue weighted by Crippen LogP contribution is -2.34. The molecule has 2 aromatic carbocycles. The molecule has 4 atom stereocenters. The molecular formula is C26H37N4O6P3S2+2. The van der Waals surface area contributed by atoms with Crippen LogP contribution < -0.4 is 14.5 Å². The highest BCUT2D eigenvalue weighted by molar-refractivity contribution is 8.02. The fraction of sp³-hybridized carbons (Fsp3) is 0.423. The van der Waals surface area contributed by atoms with Crippen molar-refractivity contribution in [3.05, 3.63) is 71.8 Å². The van der Waals surface area contributed by atoms with Crippen LogP contribution >= 0.6 is 21.7 Å². The van der Waals surface area contributed by atoms with E-state index in [1.54, 1.807) is 49.4 Å². The molecule has 0 aliphatic heterocycles. The van der Waals surface area contributed by atoms with E-state index in [0.717, 1.165) is 30.5 Å². The fourth-order valence-electron chi connectivity index (χ4n) is 3.72. The third kappa shape index (κ3) is 11.2. The van der Waals surface area contributed by atoms with Crippen LogP contribution in [0, 0.1) is 5.92 Å². The van der Waals surface area contributed by atoms with Gasteiger partial charge in [0.05, 0.1) is 32.6 Å². The van der Waals surface area contributed by atoms with Crippen molar-refractivity contribution < 1.29 is 27.4 Å². The largest absolute Gasteiger partial charge is 0.540 e. The van der Waals surface area contributed by atoms with Gasteiger partial charge in [-0.1, -0.05) is 29.1 Å². The Morgan fingerprint density at radius 3 is 2.12 bits per heavy atom. The molecule has 15 heteroatoms. The van der Waals surface area contributed by atoms with Crippen LogP contribution in [0.5, 0.6) is 11.5 Å². The maximum absolute atomic E-state index is 12.3. The number of benzene rings is 2. The molecule has 0 bridgehead atoms. The number of hydrogen-bond acceptors (Lipinski definition) is 10. The van der Waals surface area contributed by atoms with E-state index in [4.69, 9.17) is 46.4 Å². The second kappa shape index (κ2) is 16.8. The number of rotatable bonds is 16. The van der Waals surface area contributed by atoms with Crippen LogP contribution in [0.25, 0.3) is 0 Å². The van der Waals surface area contributed by atoms with Gasteiger partial charge in [-0.3, -0.25) is 13.6 Å². The van der Waals surface area contributed by atoms with Gasteiger partial charge >= 0.3 is 21.7 Å². The molecule has 0 fully saturated rings. The predicted octanol–water partition coefficient (Wildman–Crippen LogP) is 6.36. The Morgan fingerprint density at radius 1 is 0.951 bits per heavy atom. The summed E-state index contributed by atoms with van der Waals surface area (Å²) in [6.45, 7) is 0.803. The maximum Gasteiger partial charge on any atom is 0.540 e. The van der Waals surface area contributed by atoms with E-state index in [2.05, 4.69) is 22.7 Å². The van der Waals surface area contributed by atoms with Gasteiger partial charge in [0.15, 0.2) is 11.5 Å². The Morgan fingerprint density at radius 2 is 1.56 bits per heavy atom. The SMILES string of the molecule is COC1C=CC(CNN(C)[P+](=S)Oc2ccc(/C=N/N(C)[P+](=S)Oc3ccc(CP(=O)(OC)OC)cc3)cc2)CC1. The summed E-state index contributed by atoms with van der Waals surface area (Å²) in [5, 5.41) is 4.43. The third-order valence-electron chi connectivity index (χ3n) is 6.26. The summed E-state index contributed by atoms with van der Waals surface area (Å²) in [5.74, 6) is 1.73. The topological polar surface area (TPSA) is 94.1 Å². The van der Waals surface area contributed by atoms with Crippen LogP contribution in [-0.2, 0) is 48.1 Å². The lowest BCUT2D eigenvalue weighted by atomic mass is 9.94. The van der Waals surface area contributed by atoms with Crippen molar-refractivity contribution in [1.29, 1.82) is 0 Å². The molecule has 222 valence electrons. The zero-order valence-electron chi connectivity index (χ0n) is 23.8. The van der Waals surface area contributed by atoms with Crippen LogP contribution in [0.2, 0.25) is 0 Å². The van der Waals surface area contributed by atoms with Gasteiger partial charge in [0.1, 0.15) is 0 Å². The van der Waals surface area contributed by atoms with Crippen molar-refractivity contribution in [3.8, 4) is 11.5 Å². The molecule has 0 heterocycles. The van der Waals surface area contributed by atoms with Gasteiger partial charge in [-0.25, -0.2) is 5.43 Å². The van der Waals surface area contributed by atoms with E-state index < -0.39 is 21.7 Å². The van der Waals surface area contributed by atoms with Crippen molar-refractivity contribution >= 4 is 51.6 Å². The summed E-state index contributed by atoms with van der Waals surface area (Å²) >= 11 is 11.1. The monoisotopic (exact) mass is 658 g/mol. The summed E-state index contributed by atoms with van der Waals surface area (Å²) < 4.78 is 43.0. The molecular weight excluding hydrogens is 621 g/mol. The molecule has 0 spiro atoms. The summed E-state index contributed by atoms with van der Waals surface area (Å²) in [7, 11) is 2.31. The normalized spacial score (nSPS) is 18.0. The molecule has 0 amide bonds. The standard InChI is InChI=1S/C26H37N4O6P3S2/c1-29(27-18-21-6-12-24(32-3)13-7-21)37(40)35-25-14-8-22(9-15-25)19-28-30(2)38(41)36-26-16-10-23(11-17-26)20-39(31,33-4)34-5/h6,8-12,14-17,19,21,24,27H,7,13,18,20H2,1-5H3/q+2/b28-19+. The Labute approximate surface area is 254 Å². The second-order valence-corrected chi connectivity index (χ2v) is 15.8. The van der Waals surface area contributed by atoms with Crippen molar-refractivity contribution in [2.24, 2.45) is 11.0 Å². The van der Waals surface area contributed by atoms with Crippen LogP contribution in [0.15, 0.2) is 65.8 Å². The van der Waals surface area contributed by atoms with Crippen LogP contribution in [0.1, 0.15) is 24.0 Å².